The number of rotatable bonds is 18. The van der Waals surface area contributed by atoms with Crippen LogP contribution < -0.4 is 20.9 Å². The first kappa shape index (κ1) is 52.5. The second-order valence-corrected chi connectivity index (χ2v) is 21.7. The Morgan fingerprint density at radius 3 is 2.03 bits per heavy atom. The van der Waals surface area contributed by atoms with E-state index in [2.05, 4.69) is 55.0 Å². The van der Waals surface area contributed by atoms with Crippen LogP contribution in [0, 0.1) is 25.7 Å². The van der Waals surface area contributed by atoms with E-state index in [9.17, 15) is 41.7 Å². The molecule has 21 nitrogen and oxygen atoms in total. The molecule has 8 rings (SSSR count). The largest absolute Gasteiger partial charge is 0.393 e. The Balaban J connectivity index is 0.000000207. The average Bonchev–Trinajstić information content (AvgIpc) is 4.08. The second-order valence-electron chi connectivity index (χ2n) is 16.8. The summed E-state index contributed by atoms with van der Waals surface area (Å²) in [6.07, 6.45) is 4.12. The number of aliphatic hydroxyl groups excluding tert-OH is 3. The maximum Gasteiger partial charge on any atom is 0.333 e. The van der Waals surface area contributed by atoms with Crippen molar-refractivity contribution in [1.29, 1.82) is 0 Å². The van der Waals surface area contributed by atoms with Crippen molar-refractivity contribution in [3.63, 3.8) is 0 Å². The number of hydrogen-bond donors (Lipinski definition) is 7. The van der Waals surface area contributed by atoms with Gasteiger partial charge in [0.25, 0.3) is 0 Å². The zero-order valence-electron chi connectivity index (χ0n) is 37.5. The van der Waals surface area contributed by atoms with E-state index in [1.807, 2.05) is 55.6 Å². The van der Waals surface area contributed by atoms with Crippen molar-refractivity contribution < 1.29 is 50.1 Å². The normalized spacial score (nSPS) is 21.2. The minimum absolute atomic E-state index is 0.145. The van der Waals surface area contributed by atoms with Crippen molar-refractivity contribution in [3.8, 4) is 0 Å². The molecule has 26 heteroatoms. The van der Waals surface area contributed by atoms with Gasteiger partial charge in [-0.25, -0.2) is 40.2 Å². The molecule has 0 amide bonds. The van der Waals surface area contributed by atoms with Crippen LogP contribution in [0.3, 0.4) is 0 Å². The van der Waals surface area contributed by atoms with Gasteiger partial charge in [0.05, 0.1) is 54.0 Å². The zero-order chi connectivity index (χ0) is 50.3. The highest BCUT2D eigenvalue weighted by molar-refractivity contribution is 7.84. The number of nitrogens with zero attached hydrogens (tertiary/aromatic N) is 6. The molecule has 0 unspecified atom stereocenters. The van der Waals surface area contributed by atoms with Gasteiger partial charge in [0, 0.05) is 58.4 Å². The van der Waals surface area contributed by atoms with Crippen LogP contribution in [0.4, 0.5) is 11.6 Å². The SMILES string of the molecule is Cc1cccc(Cc2csc(C(=O)c3cncnc3N[C@@H]3C[C@H](COS(N)(=O)=O)[C@@H](O)C3)n2)c1.Cc1sc(C(=O)c2cncnc2N[C@@H]2C[C@H](COS(N)(=O)=O)[C@@H](O)[C@H]2O)nc1Cc1cccc(Cl)c1. The van der Waals surface area contributed by atoms with Gasteiger partial charge in [-0.1, -0.05) is 53.6 Å². The van der Waals surface area contributed by atoms with E-state index >= 15 is 0 Å². The summed E-state index contributed by atoms with van der Waals surface area (Å²) in [5, 5.41) is 50.0. The maximum atomic E-state index is 13.3. The Labute approximate surface area is 416 Å². The average molecular weight is 1060 g/mol. The highest BCUT2D eigenvalue weighted by atomic mass is 35.5. The highest BCUT2D eigenvalue weighted by Gasteiger charge is 2.43. The van der Waals surface area contributed by atoms with Gasteiger partial charge >= 0.3 is 20.6 Å². The molecule has 2 saturated carbocycles. The number of hydrogen-bond acceptors (Lipinski definition) is 21. The molecule has 0 spiro atoms. The number of nitrogens with one attached hydrogen (secondary N) is 2. The van der Waals surface area contributed by atoms with Crippen LogP contribution >= 0.6 is 34.3 Å². The fourth-order valence-electron chi connectivity index (χ4n) is 8.07. The first-order valence-electron chi connectivity index (χ1n) is 21.5. The minimum atomic E-state index is -4.19. The Morgan fingerprint density at radius 1 is 0.771 bits per heavy atom. The van der Waals surface area contributed by atoms with E-state index in [1.54, 1.807) is 6.07 Å². The lowest BCUT2D eigenvalue weighted by Crippen LogP contribution is -2.36. The molecule has 4 heterocycles. The summed E-state index contributed by atoms with van der Waals surface area (Å²) in [4.78, 5) is 52.8. The predicted octanol–water partition coefficient (Wildman–Crippen LogP) is 3.29. The zero-order valence-corrected chi connectivity index (χ0v) is 41.5. The Kier molecular flexibility index (Phi) is 17.1. The van der Waals surface area contributed by atoms with E-state index in [4.69, 9.17) is 21.9 Å². The van der Waals surface area contributed by atoms with E-state index in [0.717, 1.165) is 33.0 Å². The smallest absolute Gasteiger partial charge is 0.333 e. The molecule has 0 aliphatic heterocycles. The monoisotopic (exact) mass is 1060 g/mol. The number of halogens is 1. The summed E-state index contributed by atoms with van der Waals surface area (Å²) < 4.78 is 53.4. The van der Waals surface area contributed by atoms with Gasteiger partial charge in [0.2, 0.25) is 11.6 Å². The molecule has 7 atom stereocenters. The van der Waals surface area contributed by atoms with Crippen molar-refractivity contribution in [1.82, 2.24) is 29.9 Å². The number of aryl methyl sites for hydroxylation is 2. The van der Waals surface area contributed by atoms with Gasteiger partial charge in [-0.3, -0.25) is 18.0 Å². The number of benzene rings is 2. The lowest BCUT2D eigenvalue weighted by Gasteiger charge is -2.19. The van der Waals surface area contributed by atoms with E-state index in [0.29, 0.717) is 41.5 Å². The van der Waals surface area contributed by atoms with Crippen molar-refractivity contribution >= 4 is 78.1 Å². The van der Waals surface area contributed by atoms with Crippen LogP contribution in [0.15, 0.2) is 79.0 Å². The third-order valence-corrected chi connectivity index (χ3v) is 14.6. The summed E-state index contributed by atoms with van der Waals surface area (Å²) >= 11 is 8.59. The lowest BCUT2D eigenvalue weighted by molar-refractivity contribution is 0.00778. The molecular formula is C44H49ClN10O11S4. The van der Waals surface area contributed by atoms with Crippen LogP contribution in [0.5, 0.6) is 0 Å². The summed E-state index contributed by atoms with van der Waals surface area (Å²) in [5.74, 6) is -1.32. The quantitative estimate of drug-likeness (QED) is 0.0607. The third-order valence-electron chi connectivity index (χ3n) is 11.5. The number of thiazole rings is 2. The molecule has 2 fully saturated rings. The summed E-state index contributed by atoms with van der Waals surface area (Å²) in [5.41, 5.74) is 5.23. The van der Waals surface area contributed by atoms with E-state index in [-0.39, 0.29) is 46.8 Å². The molecule has 0 radical (unpaired) electrons. The maximum absolute atomic E-state index is 13.3. The summed E-state index contributed by atoms with van der Waals surface area (Å²) in [6.45, 7) is 3.31. The van der Waals surface area contributed by atoms with Gasteiger partial charge in [0.15, 0.2) is 10.0 Å². The van der Waals surface area contributed by atoms with Crippen LogP contribution in [-0.2, 0) is 41.8 Å². The molecular weight excluding hydrogens is 1010 g/mol. The van der Waals surface area contributed by atoms with Crippen LogP contribution in [0.1, 0.15) is 82.9 Å². The van der Waals surface area contributed by atoms with Crippen molar-refractivity contribution in [2.75, 3.05) is 23.8 Å². The summed E-state index contributed by atoms with van der Waals surface area (Å²) in [6, 6.07) is 14.6. The highest BCUT2D eigenvalue weighted by Crippen LogP contribution is 2.33. The van der Waals surface area contributed by atoms with Crippen LogP contribution in [-0.4, -0.2) is 117 Å². The first-order valence-corrected chi connectivity index (χ1v) is 26.5. The van der Waals surface area contributed by atoms with Crippen molar-refractivity contribution in [2.45, 2.75) is 76.3 Å². The van der Waals surface area contributed by atoms with Crippen molar-refractivity contribution in [3.05, 3.63) is 138 Å². The number of nitrogens with two attached hydrogens (primary N) is 2. The molecule has 70 heavy (non-hydrogen) atoms. The second kappa shape index (κ2) is 22.9. The summed E-state index contributed by atoms with van der Waals surface area (Å²) in [7, 11) is -8.27. The lowest BCUT2D eigenvalue weighted by atomic mass is 10.1. The molecule has 2 aliphatic rings. The minimum Gasteiger partial charge on any atom is -0.393 e. The fourth-order valence-corrected chi connectivity index (χ4v) is 10.7. The van der Waals surface area contributed by atoms with Crippen LogP contribution in [0.25, 0.3) is 0 Å². The number of carbonyl (C=O) groups is 2. The van der Waals surface area contributed by atoms with Gasteiger partial charge in [-0.05, 0) is 56.4 Å². The molecule has 0 bridgehead atoms. The van der Waals surface area contributed by atoms with Crippen LogP contribution in [0.2, 0.25) is 5.02 Å². The molecule has 372 valence electrons. The van der Waals surface area contributed by atoms with Gasteiger partial charge in [-0.15, -0.1) is 22.7 Å². The number of aliphatic hydroxyl groups is 3. The molecule has 2 aromatic carbocycles. The Bertz CT molecular complexity index is 3050. The molecule has 0 saturated heterocycles. The third kappa shape index (κ3) is 14.2. The predicted molar refractivity (Wildman–Crippen MR) is 260 cm³/mol. The molecule has 4 aromatic heterocycles. The van der Waals surface area contributed by atoms with Gasteiger partial charge < -0.3 is 26.0 Å². The van der Waals surface area contributed by atoms with Gasteiger partial charge in [0.1, 0.15) is 30.4 Å². The van der Waals surface area contributed by atoms with Gasteiger partial charge in [-0.2, -0.15) is 16.8 Å². The molecule has 9 N–H and O–H groups in total. The standard InChI is InChI=1S/C22H24ClN5O6S2.C22H25N5O5S2/c1-11-16(6-12-3-2-4-14(23)5-12)28-22(35-11)19(30)15-8-25-10-26-21(15)27-17-7-13(18(29)20(17)31)9-34-36(24,32)33;1-13-3-2-4-14(5-13)6-17-11-33-22(27-17)20(29)18-9-24-12-25-21(18)26-16-7-15(19(28)8-16)10-32-34(23,30)31/h2-5,8,10,13,17-18,20,29,31H,6-7,9H2,1H3,(H2,24,32,33)(H,25,26,27);2-5,9,11-12,15-16,19,28H,6-8,10H2,1H3,(H2,23,30,31)(H,24,25,26)/t13-,17-,18-,20+;15-,16-,19+/m11/s1. The topological polar surface area (TPSA) is 335 Å². The number of aromatic nitrogens is 6. The van der Waals surface area contributed by atoms with E-state index in [1.165, 1.54) is 47.7 Å². The number of carbonyl (C=O) groups excluding carboxylic acids is 2. The number of anilines is 2. The Morgan fingerprint density at radius 2 is 1.39 bits per heavy atom. The molecule has 2 aliphatic carbocycles. The first-order chi connectivity index (χ1) is 33.2. The number of ketones is 2. The Hall–Kier alpha value is -5.29. The molecule has 6 aromatic rings. The fraction of sp³-hybridized carbons (Fsp3) is 0.364. The van der Waals surface area contributed by atoms with E-state index < -0.39 is 69.2 Å². The van der Waals surface area contributed by atoms with Crippen molar-refractivity contribution in [2.24, 2.45) is 22.1 Å².